The second-order valence-electron chi connectivity index (χ2n) is 5.84. The number of rotatable bonds is 2. The lowest BCUT2D eigenvalue weighted by molar-refractivity contribution is -0.131. The first-order chi connectivity index (χ1) is 9.74. The lowest BCUT2D eigenvalue weighted by Gasteiger charge is -2.30. The number of benzene rings is 1. The summed E-state index contributed by atoms with van der Waals surface area (Å²) < 4.78 is 0. The van der Waals surface area contributed by atoms with Crippen LogP contribution in [0.1, 0.15) is 43.2 Å². The summed E-state index contributed by atoms with van der Waals surface area (Å²) in [5.74, 6) is 0.257. The average molecular weight is 270 g/mol. The highest BCUT2D eigenvalue weighted by Crippen LogP contribution is 2.26. The Bertz CT molecular complexity index is 548. The number of amides is 1. The first-order valence-corrected chi connectivity index (χ1v) is 7.56. The third-order valence-corrected chi connectivity index (χ3v) is 4.43. The Morgan fingerprint density at radius 1 is 1.25 bits per heavy atom. The smallest absolute Gasteiger partial charge is 0.226 e. The maximum Gasteiger partial charge on any atom is 0.226 e. The van der Waals surface area contributed by atoms with Gasteiger partial charge in [-0.3, -0.25) is 4.79 Å². The van der Waals surface area contributed by atoms with Gasteiger partial charge in [-0.25, -0.2) is 0 Å². The SMILES string of the molecule is Nc1cccc2c1CN(C(=O)CC1=CCCCC1)CC2. The molecule has 0 radical (unpaired) electrons. The van der Waals surface area contributed by atoms with Crippen molar-refractivity contribution in [3.63, 3.8) is 0 Å². The van der Waals surface area contributed by atoms with Gasteiger partial charge < -0.3 is 10.6 Å². The van der Waals surface area contributed by atoms with Gasteiger partial charge in [-0.1, -0.05) is 23.8 Å². The van der Waals surface area contributed by atoms with Crippen molar-refractivity contribution >= 4 is 11.6 Å². The van der Waals surface area contributed by atoms with Gasteiger partial charge in [0.1, 0.15) is 0 Å². The molecule has 0 bridgehead atoms. The van der Waals surface area contributed by atoms with Crippen LogP contribution in [-0.4, -0.2) is 17.4 Å². The number of allylic oxidation sites excluding steroid dienone is 1. The van der Waals surface area contributed by atoms with E-state index in [0.29, 0.717) is 13.0 Å². The molecule has 20 heavy (non-hydrogen) atoms. The molecule has 0 atom stereocenters. The van der Waals surface area contributed by atoms with Crippen LogP contribution >= 0.6 is 0 Å². The van der Waals surface area contributed by atoms with Crippen molar-refractivity contribution in [3.8, 4) is 0 Å². The van der Waals surface area contributed by atoms with E-state index in [1.807, 2.05) is 17.0 Å². The van der Waals surface area contributed by atoms with E-state index in [4.69, 9.17) is 5.73 Å². The Hall–Kier alpha value is -1.77. The van der Waals surface area contributed by atoms with Gasteiger partial charge in [-0.2, -0.15) is 0 Å². The number of nitrogens with zero attached hydrogens (tertiary/aromatic N) is 1. The molecule has 1 aliphatic heterocycles. The quantitative estimate of drug-likeness (QED) is 0.663. The van der Waals surface area contributed by atoms with Gasteiger partial charge in [0.2, 0.25) is 5.91 Å². The van der Waals surface area contributed by atoms with E-state index in [9.17, 15) is 4.79 Å². The van der Waals surface area contributed by atoms with Crippen molar-refractivity contribution in [1.82, 2.24) is 4.90 Å². The molecule has 0 saturated heterocycles. The van der Waals surface area contributed by atoms with E-state index >= 15 is 0 Å². The predicted molar refractivity (Wildman–Crippen MR) is 81.1 cm³/mol. The third kappa shape index (κ3) is 2.72. The van der Waals surface area contributed by atoms with E-state index in [1.54, 1.807) is 0 Å². The fourth-order valence-corrected chi connectivity index (χ4v) is 3.19. The minimum absolute atomic E-state index is 0.257. The Morgan fingerprint density at radius 2 is 2.15 bits per heavy atom. The molecule has 0 saturated carbocycles. The summed E-state index contributed by atoms with van der Waals surface area (Å²) in [6.45, 7) is 1.50. The molecule has 2 N–H and O–H groups in total. The van der Waals surface area contributed by atoms with E-state index < -0.39 is 0 Å². The van der Waals surface area contributed by atoms with Crippen LogP contribution in [0.25, 0.3) is 0 Å². The number of hydrogen-bond donors (Lipinski definition) is 1. The van der Waals surface area contributed by atoms with Gasteiger partial charge in [0.25, 0.3) is 0 Å². The Labute approximate surface area is 120 Å². The first kappa shape index (κ1) is 13.2. The summed E-state index contributed by atoms with van der Waals surface area (Å²) >= 11 is 0. The number of carbonyl (C=O) groups excluding carboxylic acids is 1. The highest BCUT2D eigenvalue weighted by Gasteiger charge is 2.22. The molecule has 3 rings (SSSR count). The number of fused-ring (bicyclic) bond motifs is 1. The molecule has 3 nitrogen and oxygen atoms in total. The van der Waals surface area contributed by atoms with Crippen LogP contribution in [0.4, 0.5) is 5.69 Å². The summed E-state index contributed by atoms with van der Waals surface area (Å²) in [7, 11) is 0. The highest BCUT2D eigenvalue weighted by atomic mass is 16.2. The number of nitrogen functional groups attached to an aromatic ring is 1. The normalized spacial score (nSPS) is 18.4. The van der Waals surface area contributed by atoms with Crippen molar-refractivity contribution in [2.24, 2.45) is 0 Å². The number of nitrogens with two attached hydrogens (primary N) is 1. The highest BCUT2D eigenvalue weighted by molar-refractivity contribution is 5.79. The Balaban J connectivity index is 1.68. The largest absolute Gasteiger partial charge is 0.398 e. The molecule has 1 aromatic rings. The topological polar surface area (TPSA) is 46.3 Å². The number of hydrogen-bond acceptors (Lipinski definition) is 2. The molecule has 1 aliphatic carbocycles. The van der Waals surface area contributed by atoms with E-state index in [-0.39, 0.29) is 5.91 Å². The van der Waals surface area contributed by atoms with Crippen LogP contribution in [0.5, 0.6) is 0 Å². The lowest BCUT2D eigenvalue weighted by Crippen LogP contribution is -2.36. The first-order valence-electron chi connectivity index (χ1n) is 7.56. The zero-order valence-corrected chi connectivity index (χ0v) is 11.9. The van der Waals surface area contributed by atoms with Crippen molar-refractivity contribution in [3.05, 3.63) is 41.0 Å². The fourth-order valence-electron chi connectivity index (χ4n) is 3.19. The summed E-state index contributed by atoms with van der Waals surface area (Å²) in [6.07, 6.45) is 8.51. The standard InChI is InChI=1S/C17H22N2O/c18-16-8-4-7-14-9-10-19(12-15(14)16)17(20)11-13-5-2-1-3-6-13/h4-5,7-8H,1-3,6,9-12,18H2. The fraction of sp³-hybridized carbons (Fsp3) is 0.471. The molecule has 1 heterocycles. The number of carbonyl (C=O) groups is 1. The average Bonchev–Trinajstić information content (AvgIpc) is 2.48. The van der Waals surface area contributed by atoms with Gasteiger partial charge in [-0.15, -0.1) is 0 Å². The molecule has 0 fully saturated rings. The van der Waals surface area contributed by atoms with Crippen molar-refractivity contribution in [1.29, 1.82) is 0 Å². The van der Waals surface area contributed by atoms with E-state index in [0.717, 1.165) is 37.1 Å². The summed E-state index contributed by atoms with van der Waals surface area (Å²) in [5, 5.41) is 0. The second kappa shape index (κ2) is 5.70. The molecule has 0 unspecified atom stereocenters. The van der Waals surface area contributed by atoms with Crippen LogP contribution in [0.15, 0.2) is 29.8 Å². The van der Waals surface area contributed by atoms with Crippen molar-refractivity contribution < 1.29 is 4.79 Å². The van der Waals surface area contributed by atoms with Gasteiger partial charge in [0.05, 0.1) is 0 Å². The molecule has 1 amide bonds. The summed E-state index contributed by atoms with van der Waals surface area (Å²) in [6, 6.07) is 6.05. The van der Waals surface area contributed by atoms with Gasteiger partial charge in [0.15, 0.2) is 0 Å². The lowest BCUT2D eigenvalue weighted by atomic mass is 9.95. The molecule has 1 aromatic carbocycles. The minimum Gasteiger partial charge on any atom is -0.398 e. The van der Waals surface area contributed by atoms with Crippen molar-refractivity contribution in [2.45, 2.75) is 45.1 Å². The van der Waals surface area contributed by atoms with Gasteiger partial charge in [0, 0.05) is 25.2 Å². The molecule has 0 spiro atoms. The molecule has 3 heteroatoms. The summed E-state index contributed by atoms with van der Waals surface area (Å²) in [4.78, 5) is 14.4. The predicted octanol–water partition coefficient (Wildman–Crippen LogP) is 3.04. The zero-order chi connectivity index (χ0) is 13.9. The molecule has 106 valence electrons. The summed E-state index contributed by atoms with van der Waals surface area (Å²) in [5.41, 5.74) is 10.6. The molecular weight excluding hydrogens is 248 g/mol. The monoisotopic (exact) mass is 270 g/mol. The second-order valence-corrected chi connectivity index (χ2v) is 5.84. The van der Waals surface area contributed by atoms with Crippen LogP contribution < -0.4 is 5.73 Å². The van der Waals surface area contributed by atoms with Crippen LogP contribution in [-0.2, 0) is 17.8 Å². The molecule has 0 aromatic heterocycles. The van der Waals surface area contributed by atoms with Crippen molar-refractivity contribution in [2.75, 3.05) is 12.3 Å². The zero-order valence-electron chi connectivity index (χ0n) is 11.9. The Morgan fingerprint density at radius 3 is 2.95 bits per heavy atom. The van der Waals surface area contributed by atoms with E-state index in [2.05, 4.69) is 12.1 Å². The van der Waals surface area contributed by atoms with Gasteiger partial charge in [-0.05, 0) is 49.3 Å². The molecule has 2 aliphatic rings. The van der Waals surface area contributed by atoms with E-state index in [1.165, 1.54) is 24.0 Å². The molecular formula is C17H22N2O. The Kier molecular flexibility index (Phi) is 3.77. The van der Waals surface area contributed by atoms with Crippen LogP contribution in [0, 0.1) is 0 Å². The van der Waals surface area contributed by atoms with Gasteiger partial charge >= 0.3 is 0 Å². The maximum absolute atomic E-state index is 12.4. The minimum atomic E-state index is 0.257. The van der Waals surface area contributed by atoms with Crippen LogP contribution in [0.3, 0.4) is 0 Å². The number of anilines is 1. The third-order valence-electron chi connectivity index (χ3n) is 4.43. The maximum atomic E-state index is 12.4. The van der Waals surface area contributed by atoms with Crippen LogP contribution in [0.2, 0.25) is 0 Å².